The number of ether oxygens (including phenoxy) is 1. The van der Waals surface area contributed by atoms with Gasteiger partial charge in [-0.2, -0.15) is 0 Å². The summed E-state index contributed by atoms with van der Waals surface area (Å²) in [6.07, 6.45) is 1.63. The lowest BCUT2D eigenvalue weighted by atomic mass is 10.1. The molecule has 32 heavy (non-hydrogen) atoms. The van der Waals surface area contributed by atoms with Gasteiger partial charge in [-0.25, -0.2) is 28.7 Å². The minimum absolute atomic E-state index is 0.0187. The molecule has 0 atom stereocenters. The second-order valence-electron chi connectivity index (χ2n) is 6.95. The number of aromatic nitrogens is 7. The monoisotopic (exact) mass is 451 g/mol. The maximum Gasteiger partial charge on any atom is 0.316 e. The molecule has 1 N–H and O–H groups in total. The van der Waals surface area contributed by atoms with Crippen molar-refractivity contribution in [3.05, 3.63) is 64.6 Å². The van der Waals surface area contributed by atoms with E-state index in [1.165, 1.54) is 11.3 Å². The number of rotatable bonds is 5. The van der Waals surface area contributed by atoms with Gasteiger partial charge in [-0.15, -0.1) is 16.4 Å². The first kappa shape index (κ1) is 20.1. The zero-order valence-electron chi connectivity index (χ0n) is 16.9. The fourth-order valence-electron chi connectivity index (χ4n) is 3.21. The predicted octanol–water partition coefficient (Wildman–Crippen LogP) is 4.41. The second-order valence-corrected chi connectivity index (χ2v) is 8.04. The van der Waals surface area contributed by atoms with Gasteiger partial charge >= 0.3 is 6.01 Å². The molecule has 0 unspecified atom stereocenters. The maximum absolute atomic E-state index is 14.9. The van der Waals surface area contributed by atoms with Crippen LogP contribution in [0.4, 0.5) is 8.78 Å². The highest BCUT2D eigenvalue weighted by atomic mass is 32.1. The summed E-state index contributed by atoms with van der Waals surface area (Å²) < 4.78 is 34.9. The molecule has 0 aliphatic carbocycles. The van der Waals surface area contributed by atoms with Gasteiger partial charge in [-0.1, -0.05) is 11.3 Å². The summed E-state index contributed by atoms with van der Waals surface area (Å²) in [5.41, 5.74) is 2.21. The third kappa shape index (κ3) is 3.66. The number of fused-ring (bicyclic) bond motifs is 1. The number of nitrogens with one attached hydrogen (secondary N) is 1. The molecule has 1 aromatic carbocycles. The van der Waals surface area contributed by atoms with Crippen LogP contribution < -0.4 is 4.74 Å². The zero-order valence-corrected chi connectivity index (χ0v) is 17.7. The molecule has 0 saturated carbocycles. The molecule has 160 valence electrons. The number of benzene rings is 1. The van der Waals surface area contributed by atoms with Gasteiger partial charge in [-0.3, -0.25) is 5.10 Å². The molecule has 11 heteroatoms. The minimum atomic E-state index is -0.677. The molecular formula is C21H15F2N7OS. The highest BCUT2D eigenvalue weighted by Crippen LogP contribution is 2.33. The van der Waals surface area contributed by atoms with E-state index in [0.717, 1.165) is 27.3 Å². The lowest BCUT2D eigenvalue weighted by molar-refractivity contribution is 0.279. The van der Waals surface area contributed by atoms with Gasteiger partial charge in [0, 0.05) is 17.5 Å². The van der Waals surface area contributed by atoms with Crippen molar-refractivity contribution < 1.29 is 13.5 Å². The molecule has 5 rings (SSSR count). The number of pyridine rings is 1. The lowest BCUT2D eigenvalue weighted by Crippen LogP contribution is -1.99. The molecular weight excluding hydrogens is 436 g/mol. The van der Waals surface area contributed by atoms with E-state index in [1.54, 1.807) is 30.5 Å². The molecule has 0 radical (unpaired) electrons. The second kappa shape index (κ2) is 8.00. The van der Waals surface area contributed by atoms with E-state index >= 15 is 0 Å². The molecule has 0 bridgehead atoms. The maximum atomic E-state index is 14.9. The first-order chi connectivity index (χ1) is 15.5. The summed E-state index contributed by atoms with van der Waals surface area (Å²) in [5, 5.41) is 10.2. The number of hydrogen-bond donors (Lipinski definition) is 1. The molecule has 0 saturated heterocycles. The Morgan fingerprint density at radius 1 is 1.06 bits per heavy atom. The number of H-pyrrole nitrogens is 1. The third-order valence-corrected chi connectivity index (χ3v) is 5.85. The number of aromatic amines is 1. The number of halogens is 2. The van der Waals surface area contributed by atoms with E-state index in [2.05, 4.69) is 35.3 Å². The van der Waals surface area contributed by atoms with E-state index < -0.39 is 11.6 Å². The molecule has 0 amide bonds. The average molecular weight is 451 g/mol. The van der Waals surface area contributed by atoms with Gasteiger partial charge in [0.05, 0.1) is 22.0 Å². The Hall–Kier alpha value is -3.86. The van der Waals surface area contributed by atoms with Crippen molar-refractivity contribution in [1.82, 2.24) is 35.3 Å². The van der Waals surface area contributed by atoms with Crippen LogP contribution in [-0.4, -0.2) is 35.3 Å². The van der Waals surface area contributed by atoms with Crippen molar-refractivity contribution in [2.24, 2.45) is 0 Å². The molecule has 0 aliphatic heterocycles. The number of hydrogen-bond acceptors (Lipinski definition) is 8. The predicted molar refractivity (Wildman–Crippen MR) is 114 cm³/mol. The topological polar surface area (TPSA) is 102 Å². The number of nitrogens with zero attached hydrogens (tertiary/aromatic N) is 6. The van der Waals surface area contributed by atoms with E-state index in [9.17, 15) is 8.78 Å². The van der Waals surface area contributed by atoms with Crippen LogP contribution in [0.5, 0.6) is 6.01 Å². The van der Waals surface area contributed by atoms with Crippen molar-refractivity contribution in [2.45, 2.75) is 20.5 Å². The van der Waals surface area contributed by atoms with Crippen molar-refractivity contribution >= 4 is 22.4 Å². The van der Waals surface area contributed by atoms with Crippen LogP contribution in [0.15, 0.2) is 36.5 Å². The van der Waals surface area contributed by atoms with Crippen molar-refractivity contribution in [3.63, 3.8) is 0 Å². The average Bonchev–Trinajstić information content (AvgIpc) is 3.42. The van der Waals surface area contributed by atoms with Gasteiger partial charge in [-0.05, 0) is 38.1 Å². The van der Waals surface area contributed by atoms with Crippen LogP contribution in [0, 0.1) is 25.5 Å². The Morgan fingerprint density at radius 2 is 1.91 bits per heavy atom. The highest BCUT2D eigenvalue weighted by Gasteiger charge is 2.19. The minimum Gasteiger partial charge on any atom is -0.456 e. The van der Waals surface area contributed by atoms with Crippen LogP contribution >= 0.6 is 11.3 Å². The van der Waals surface area contributed by atoms with E-state index in [-0.39, 0.29) is 34.9 Å². The summed E-state index contributed by atoms with van der Waals surface area (Å²) in [6, 6.07) is 8.29. The largest absolute Gasteiger partial charge is 0.456 e. The highest BCUT2D eigenvalue weighted by molar-refractivity contribution is 7.15. The van der Waals surface area contributed by atoms with Gasteiger partial charge in [0.2, 0.25) is 0 Å². The fraction of sp³-hybridized carbons (Fsp3) is 0.143. The van der Waals surface area contributed by atoms with Crippen molar-refractivity contribution in [1.29, 1.82) is 0 Å². The van der Waals surface area contributed by atoms with Crippen LogP contribution in [0.1, 0.15) is 16.4 Å². The van der Waals surface area contributed by atoms with E-state index in [4.69, 9.17) is 4.74 Å². The van der Waals surface area contributed by atoms with Crippen LogP contribution in [0.3, 0.4) is 0 Å². The van der Waals surface area contributed by atoms with Crippen molar-refractivity contribution in [2.75, 3.05) is 0 Å². The lowest BCUT2D eigenvalue weighted by Gasteiger charge is -2.06. The summed E-state index contributed by atoms with van der Waals surface area (Å²) in [5.74, 6) is -1.34. The number of aryl methyl sites for hydroxylation is 2. The molecule has 8 nitrogen and oxygen atoms in total. The van der Waals surface area contributed by atoms with Gasteiger partial charge in [0.15, 0.2) is 17.2 Å². The molecule has 4 aromatic heterocycles. The number of thiazole rings is 1. The summed E-state index contributed by atoms with van der Waals surface area (Å²) in [4.78, 5) is 18.2. The van der Waals surface area contributed by atoms with Gasteiger partial charge < -0.3 is 4.74 Å². The first-order valence-electron chi connectivity index (χ1n) is 9.55. The van der Waals surface area contributed by atoms with E-state index in [1.807, 2.05) is 13.8 Å². The molecule has 0 aliphatic rings. The molecule has 4 heterocycles. The standard InChI is InChI=1S/C21H15F2N7OS/c1-10-6-7-24-21(25-10)31-9-16-26-11(2)20(32-16)15-5-3-4-14(27-15)12-8-13(22)18-19(17(12)23)29-30-28-18/h3-8H,9H2,1-2H3,(H,28,29,30). The Labute approximate surface area is 184 Å². The molecule has 0 fully saturated rings. The SMILES string of the molecule is Cc1ccnc(OCc2nc(C)c(-c3cccc(-c4cc(F)c5nn[nH]c5c4F)n3)s2)n1. The summed E-state index contributed by atoms with van der Waals surface area (Å²) in [6.45, 7) is 3.92. The first-order valence-corrected chi connectivity index (χ1v) is 10.4. The Kier molecular flexibility index (Phi) is 5.02. The van der Waals surface area contributed by atoms with Gasteiger partial charge in [0.1, 0.15) is 17.1 Å². The Bertz CT molecular complexity index is 1450. The Morgan fingerprint density at radius 3 is 2.75 bits per heavy atom. The Balaban J connectivity index is 1.46. The van der Waals surface area contributed by atoms with Gasteiger partial charge in [0.25, 0.3) is 0 Å². The molecule has 0 spiro atoms. The van der Waals surface area contributed by atoms with E-state index in [0.29, 0.717) is 5.69 Å². The quantitative estimate of drug-likeness (QED) is 0.422. The summed E-state index contributed by atoms with van der Waals surface area (Å²) >= 11 is 1.40. The molecule has 5 aromatic rings. The van der Waals surface area contributed by atoms with Crippen LogP contribution in [-0.2, 0) is 6.61 Å². The van der Waals surface area contributed by atoms with Crippen molar-refractivity contribution in [3.8, 4) is 27.8 Å². The zero-order chi connectivity index (χ0) is 22.2. The normalized spacial score (nSPS) is 11.2. The fourth-order valence-corrected chi connectivity index (χ4v) is 4.16. The summed E-state index contributed by atoms with van der Waals surface area (Å²) in [7, 11) is 0. The smallest absolute Gasteiger partial charge is 0.316 e. The van der Waals surface area contributed by atoms with Crippen LogP contribution in [0.2, 0.25) is 0 Å². The third-order valence-electron chi connectivity index (χ3n) is 4.70. The van der Waals surface area contributed by atoms with Crippen LogP contribution in [0.25, 0.3) is 32.9 Å².